The maximum Gasteiger partial charge on any atom is 0.185 e. The van der Waals surface area contributed by atoms with Crippen molar-refractivity contribution in [2.24, 2.45) is 0 Å². The molecule has 0 fully saturated rings. The van der Waals surface area contributed by atoms with Crippen LogP contribution in [0.25, 0.3) is 0 Å². The maximum atomic E-state index is 10.0. The molecule has 0 saturated carbocycles. The van der Waals surface area contributed by atoms with Gasteiger partial charge in [0.2, 0.25) is 0 Å². The first-order valence-electron chi connectivity index (χ1n) is 1.72. The van der Waals surface area contributed by atoms with Gasteiger partial charge in [0.15, 0.2) is 5.78 Å². The van der Waals surface area contributed by atoms with E-state index in [1.165, 1.54) is 6.08 Å². The van der Waals surface area contributed by atoms with Gasteiger partial charge in [-0.15, -0.1) is 0 Å². The number of hydrogen-bond acceptors (Lipinski definition) is 1. The Balaban J connectivity index is 2.94. The maximum absolute atomic E-state index is 10.0. The van der Waals surface area contributed by atoms with Gasteiger partial charge in [-0.3, -0.25) is 4.79 Å². The summed E-state index contributed by atoms with van der Waals surface area (Å²) < 4.78 is 0. The van der Waals surface area contributed by atoms with Gasteiger partial charge in [0.1, 0.15) is 0 Å². The van der Waals surface area contributed by atoms with Gasteiger partial charge in [0.05, 0.1) is 0 Å². The molecule has 0 bridgehead atoms. The van der Waals surface area contributed by atoms with Crippen LogP contribution in [-0.4, -0.2) is 5.78 Å². The SMILES string of the molecule is C=C1C=CC1=O. The van der Waals surface area contributed by atoms with Gasteiger partial charge in [-0.25, -0.2) is 0 Å². The fourth-order valence-corrected chi connectivity index (χ4v) is 0.269. The van der Waals surface area contributed by atoms with Gasteiger partial charge in [0.25, 0.3) is 0 Å². The highest BCUT2D eigenvalue weighted by Gasteiger charge is 2.05. The summed E-state index contributed by atoms with van der Waals surface area (Å²) in [5.41, 5.74) is 0.620. The lowest BCUT2D eigenvalue weighted by molar-refractivity contribution is -0.111. The molecule has 0 N–H and O–H groups in total. The molecule has 0 heterocycles. The molecule has 0 saturated heterocycles. The van der Waals surface area contributed by atoms with Crippen LogP contribution in [0.4, 0.5) is 0 Å². The minimum atomic E-state index is 0.0648. The molecular weight excluding hydrogens is 76.1 g/mol. The van der Waals surface area contributed by atoms with Gasteiger partial charge in [0, 0.05) is 5.57 Å². The molecule has 0 amide bonds. The van der Waals surface area contributed by atoms with Crippen LogP contribution in [0.15, 0.2) is 24.3 Å². The van der Waals surface area contributed by atoms with E-state index in [0.717, 1.165) is 0 Å². The van der Waals surface area contributed by atoms with Crippen molar-refractivity contribution in [3.8, 4) is 0 Å². The van der Waals surface area contributed by atoms with Gasteiger partial charge in [-0.05, 0) is 12.2 Å². The summed E-state index contributed by atoms with van der Waals surface area (Å²) in [6.45, 7) is 3.41. The third-order valence-corrected chi connectivity index (χ3v) is 0.752. The number of rotatable bonds is 0. The average molecular weight is 80.1 g/mol. The highest BCUT2D eigenvalue weighted by molar-refractivity contribution is 6.12. The number of carbonyl (C=O) groups excluding carboxylic acids is 1. The average Bonchev–Trinajstić information content (AvgIpc) is 1.61. The summed E-state index contributed by atoms with van der Waals surface area (Å²) in [6, 6.07) is 0. The van der Waals surface area contributed by atoms with Crippen LogP contribution in [0.5, 0.6) is 0 Å². The molecule has 6 heavy (non-hydrogen) atoms. The molecule has 0 aromatic rings. The van der Waals surface area contributed by atoms with Crippen molar-refractivity contribution in [1.29, 1.82) is 0 Å². The summed E-state index contributed by atoms with van der Waals surface area (Å²) in [5.74, 6) is 0.0648. The predicted molar refractivity (Wildman–Crippen MR) is 23.3 cm³/mol. The quantitative estimate of drug-likeness (QED) is 0.391. The van der Waals surface area contributed by atoms with E-state index >= 15 is 0 Å². The lowest BCUT2D eigenvalue weighted by atomic mass is 10.0. The molecule has 30 valence electrons. The molecule has 1 heteroatoms. The molecular formula is C5H4O. The lowest BCUT2D eigenvalue weighted by Crippen LogP contribution is -2.02. The van der Waals surface area contributed by atoms with Crippen molar-refractivity contribution in [1.82, 2.24) is 0 Å². The first kappa shape index (κ1) is 3.34. The van der Waals surface area contributed by atoms with Gasteiger partial charge in [-0.2, -0.15) is 0 Å². The van der Waals surface area contributed by atoms with Crippen LogP contribution >= 0.6 is 0 Å². The number of allylic oxidation sites excluding steroid dienone is 3. The summed E-state index contributed by atoms with van der Waals surface area (Å²) in [7, 11) is 0. The monoisotopic (exact) mass is 80.0 g/mol. The van der Waals surface area contributed by atoms with Crippen molar-refractivity contribution in [2.45, 2.75) is 0 Å². The third kappa shape index (κ3) is 0.219. The Labute approximate surface area is 36.0 Å². The van der Waals surface area contributed by atoms with Crippen LogP contribution < -0.4 is 0 Å². The second-order valence-corrected chi connectivity index (χ2v) is 1.22. The second kappa shape index (κ2) is 0.805. The zero-order chi connectivity index (χ0) is 4.57. The molecule has 0 spiro atoms. The Morgan fingerprint density at radius 3 is 2.00 bits per heavy atom. The Morgan fingerprint density at radius 2 is 2.00 bits per heavy atom. The topological polar surface area (TPSA) is 17.1 Å². The minimum absolute atomic E-state index is 0.0648. The van der Waals surface area contributed by atoms with E-state index in [1.54, 1.807) is 6.08 Å². The highest BCUT2D eigenvalue weighted by Crippen LogP contribution is 2.05. The van der Waals surface area contributed by atoms with E-state index in [-0.39, 0.29) is 5.78 Å². The van der Waals surface area contributed by atoms with E-state index in [0.29, 0.717) is 5.57 Å². The van der Waals surface area contributed by atoms with Crippen LogP contribution in [0.2, 0.25) is 0 Å². The fraction of sp³-hybridized carbons (Fsp3) is 0. The highest BCUT2D eigenvalue weighted by atomic mass is 16.1. The predicted octanol–water partition coefficient (Wildman–Crippen LogP) is 0.681. The van der Waals surface area contributed by atoms with Gasteiger partial charge in [-0.1, -0.05) is 6.58 Å². The van der Waals surface area contributed by atoms with Crippen LogP contribution in [0.1, 0.15) is 0 Å². The van der Waals surface area contributed by atoms with Crippen molar-refractivity contribution >= 4 is 5.78 Å². The molecule has 1 aliphatic carbocycles. The van der Waals surface area contributed by atoms with Crippen LogP contribution in [0, 0.1) is 0 Å². The molecule has 0 radical (unpaired) electrons. The molecule has 0 aromatic heterocycles. The van der Waals surface area contributed by atoms with Gasteiger partial charge >= 0.3 is 0 Å². The normalized spacial score (nSPS) is 18.0. The van der Waals surface area contributed by atoms with Crippen LogP contribution in [-0.2, 0) is 4.79 Å². The zero-order valence-electron chi connectivity index (χ0n) is 3.27. The Hall–Kier alpha value is -0.850. The Kier molecular flexibility index (Phi) is 0.449. The van der Waals surface area contributed by atoms with E-state index in [9.17, 15) is 4.79 Å². The minimum Gasteiger partial charge on any atom is -0.289 e. The van der Waals surface area contributed by atoms with Gasteiger partial charge < -0.3 is 0 Å². The molecule has 0 aliphatic heterocycles. The number of hydrogen-bond donors (Lipinski definition) is 0. The molecule has 0 unspecified atom stereocenters. The standard InChI is InChI=1S/C5H4O/c1-4-2-3-5(4)6/h2-3H,1H2. The first-order valence-corrected chi connectivity index (χ1v) is 1.72. The summed E-state index contributed by atoms with van der Waals surface area (Å²) in [4.78, 5) is 10.0. The number of carbonyl (C=O) groups is 1. The lowest BCUT2D eigenvalue weighted by Gasteiger charge is -1.98. The van der Waals surface area contributed by atoms with E-state index in [2.05, 4.69) is 6.58 Å². The van der Waals surface area contributed by atoms with E-state index in [4.69, 9.17) is 0 Å². The van der Waals surface area contributed by atoms with Crippen molar-refractivity contribution in [3.05, 3.63) is 24.3 Å². The molecule has 0 aromatic carbocycles. The second-order valence-electron chi connectivity index (χ2n) is 1.22. The Morgan fingerprint density at radius 1 is 1.50 bits per heavy atom. The van der Waals surface area contributed by atoms with Crippen molar-refractivity contribution in [3.63, 3.8) is 0 Å². The van der Waals surface area contributed by atoms with Crippen molar-refractivity contribution in [2.75, 3.05) is 0 Å². The molecule has 0 atom stereocenters. The summed E-state index contributed by atoms with van der Waals surface area (Å²) >= 11 is 0. The first-order chi connectivity index (χ1) is 2.80. The van der Waals surface area contributed by atoms with E-state index < -0.39 is 0 Å². The molecule has 1 rings (SSSR count). The van der Waals surface area contributed by atoms with E-state index in [1.807, 2.05) is 0 Å². The zero-order valence-corrected chi connectivity index (χ0v) is 3.27. The molecule has 1 aliphatic rings. The molecule has 1 nitrogen and oxygen atoms in total. The number of ketones is 1. The Bertz CT molecular complexity index is 115. The summed E-state index contributed by atoms with van der Waals surface area (Å²) in [6.07, 6.45) is 3.20. The summed E-state index contributed by atoms with van der Waals surface area (Å²) in [5, 5.41) is 0. The smallest absolute Gasteiger partial charge is 0.185 e. The van der Waals surface area contributed by atoms with Crippen molar-refractivity contribution < 1.29 is 4.79 Å². The fourth-order valence-electron chi connectivity index (χ4n) is 0.269. The largest absolute Gasteiger partial charge is 0.289 e. The van der Waals surface area contributed by atoms with Crippen LogP contribution in [0.3, 0.4) is 0 Å². The third-order valence-electron chi connectivity index (χ3n) is 0.752.